The minimum Gasteiger partial charge on any atom is -0.472 e. The van der Waals surface area contributed by atoms with Crippen LogP contribution in [-0.2, 0) is 4.74 Å². The molecule has 3 heterocycles. The predicted molar refractivity (Wildman–Crippen MR) is 124 cm³/mol. The van der Waals surface area contributed by atoms with Gasteiger partial charge in [0.25, 0.3) is 5.56 Å². The van der Waals surface area contributed by atoms with Crippen molar-refractivity contribution >= 4 is 16.5 Å². The van der Waals surface area contributed by atoms with E-state index in [0.29, 0.717) is 5.39 Å². The van der Waals surface area contributed by atoms with E-state index in [4.69, 9.17) is 9.15 Å². The SMILES string of the molecule is Cc1cn(-c2ccc(N3CC(C)OC(C)C3)cc2)c(=O)c2cccc(-c3ccoc3)c12. The van der Waals surface area contributed by atoms with Gasteiger partial charge in [-0.3, -0.25) is 9.36 Å². The second-order valence-corrected chi connectivity index (χ2v) is 8.41. The molecule has 0 N–H and O–H groups in total. The van der Waals surface area contributed by atoms with Crippen molar-refractivity contribution in [1.29, 1.82) is 0 Å². The van der Waals surface area contributed by atoms with Gasteiger partial charge in [0.15, 0.2) is 0 Å². The summed E-state index contributed by atoms with van der Waals surface area (Å²) in [6.45, 7) is 8.00. The van der Waals surface area contributed by atoms with E-state index in [0.717, 1.165) is 46.5 Å². The van der Waals surface area contributed by atoms with Gasteiger partial charge in [0.2, 0.25) is 0 Å². The number of aromatic nitrogens is 1. The van der Waals surface area contributed by atoms with E-state index in [1.54, 1.807) is 17.1 Å². The van der Waals surface area contributed by atoms with Crippen LogP contribution < -0.4 is 10.5 Å². The molecule has 2 aromatic heterocycles. The summed E-state index contributed by atoms with van der Waals surface area (Å²) < 4.78 is 12.8. The van der Waals surface area contributed by atoms with Crippen molar-refractivity contribution < 1.29 is 9.15 Å². The minimum atomic E-state index is -0.0210. The maximum Gasteiger partial charge on any atom is 0.262 e. The zero-order chi connectivity index (χ0) is 21.5. The van der Waals surface area contributed by atoms with Crippen LogP contribution >= 0.6 is 0 Å². The van der Waals surface area contributed by atoms with Gasteiger partial charge in [-0.2, -0.15) is 0 Å². The second-order valence-electron chi connectivity index (χ2n) is 8.41. The number of nitrogens with zero attached hydrogens (tertiary/aromatic N) is 2. The first-order valence-electron chi connectivity index (χ1n) is 10.7. The normalized spacial score (nSPS) is 19.1. The zero-order valence-corrected chi connectivity index (χ0v) is 18.0. The fourth-order valence-corrected chi connectivity index (χ4v) is 4.66. The predicted octanol–water partition coefficient (Wildman–Crippen LogP) is 5.17. The van der Waals surface area contributed by atoms with Crippen molar-refractivity contribution in [3.05, 3.63) is 83.2 Å². The van der Waals surface area contributed by atoms with Gasteiger partial charge in [0.05, 0.1) is 24.7 Å². The third-order valence-electron chi connectivity index (χ3n) is 5.98. The summed E-state index contributed by atoms with van der Waals surface area (Å²) in [6.07, 6.45) is 5.72. The van der Waals surface area contributed by atoms with Gasteiger partial charge in [-0.05, 0) is 73.7 Å². The minimum absolute atomic E-state index is 0.0210. The van der Waals surface area contributed by atoms with Gasteiger partial charge in [-0.1, -0.05) is 12.1 Å². The van der Waals surface area contributed by atoms with Crippen LogP contribution in [0.4, 0.5) is 5.69 Å². The molecule has 1 aliphatic heterocycles. The summed E-state index contributed by atoms with van der Waals surface area (Å²) in [7, 11) is 0. The van der Waals surface area contributed by atoms with Crippen molar-refractivity contribution in [2.24, 2.45) is 0 Å². The molecular weight excluding hydrogens is 388 g/mol. The number of rotatable bonds is 3. The highest BCUT2D eigenvalue weighted by atomic mass is 16.5. The van der Waals surface area contributed by atoms with Gasteiger partial charge < -0.3 is 14.1 Å². The van der Waals surface area contributed by atoms with Crippen LogP contribution in [0.3, 0.4) is 0 Å². The summed E-state index contributed by atoms with van der Waals surface area (Å²) in [6, 6.07) is 16.0. The fraction of sp³-hybridized carbons (Fsp3) is 0.269. The number of furan rings is 1. The van der Waals surface area contributed by atoms with Gasteiger partial charge in [0, 0.05) is 41.6 Å². The Labute approximate surface area is 181 Å². The van der Waals surface area contributed by atoms with E-state index in [-0.39, 0.29) is 17.8 Å². The highest BCUT2D eigenvalue weighted by molar-refractivity contribution is 5.98. The lowest BCUT2D eigenvalue weighted by molar-refractivity contribution is -0.00521. The summed E-state index contributed by atoms with van der Waals surface area (Å²) in [5.41, 5.74) is 5.03. The average molecular weight is 415 g/mol. The zero-order valence-electron chi connectivity index (χ0n) is 18.0. The molecule has 4 aromatic rings. The number of benzene rings is 2. The molecular formula is C26H26N2O3. The van der Waals surface area contributed by atoms with E-state index in [9.17, 15) is 4.79 Å². The Morgan fingerprint density at radius 3 is 2.32 bits per heavy atom. The lowest BCUT2D eigenvalue weighted by atomic mass is 9.98. The average Bonchev–Trinajstić information content (AvgIpc) is 3.30. The van der Waals surface area contributed by atoms with Crippen LogP contribution in [0, 0.1) is 6.92 Å². The van der Waals surface area contributed by atoms with Crippen molar-refractivity contribution in [2.45, 2.75) is 33.0 Å². The highest BCUT2D eigenvalue weighted by Crippen LogP contribution is 2.30. The second kappa shape index (κ2) is 7.75. The number of morpholine rings is 1. The maximum atomic E-state index is 13.4. The Balaban J connectivity index is 1.55. The topological polar surface area (TPSA) is 47.6 Å². The molecule has 5 heteroatoms. The summed E-state index contributed by atoms with van der Waals surface area (Å²) in [4.78, 5) is 15.7. The molecule has 1 aliphatic rings. The number of fused-ring (bicyclic) bond motifs is 1. The number of ether oxygens (including phenoxy) is 1. The highest BCUT2D eigenvalue weighted by Gasteiger charge is 2.22. The van der Waals surface area contributed by atoms with E-state index in [1.807, 2.05) is 49.5 Å². The first-order valence-corrected chi connectivity index (χ1v) is 10.7. The van der Waals surface area contributed by atoms with Crippen LogP contribution in [0.25, 0.3) is 27.6 Å². The van der Waals surface area contributed by atoms with Gasteiger partial charge >= 0.3 is 0 Å². The molecule has 2 unspecified atom stereocenters. The molecule has 0 bridgehead atoms. The third-order valence-corrected chi connectivity index (χ3v) is 5.98. The molecule has 5 rings (SSSR count). The third kappa shape index (κ3) is 3.55. The van der Waals surface area contributed by atoms with Gasteiger partial charge in [-0.15, -0.1) is 0 Å². The first-order chi connectivity index (χ1) is 15.0. The van der Waals surface area contributed by atoms with Crippen molar-refractivity contribution in [1.82, 2.24) is 4.57 Å². The Morgan fingerprint density at radius 1 is 0.935 bits per heavy atom. The molecule has 5 nitrogen and oxygen atoms in total. The monoisotopic (exact) mass is 414 g/mol. The molecule has 0 amide bonds. The van der Waals surface area contributed by atoms with Crippen LogP contribution in [-0.4, -0.2) is 29.9 Å². The number of aryl methyl sites for hydroxylation is 1. The summed E-state index contributed by atoms with van der Waals surface area (Å²) in [5.74, 6) is 0. The quantitative estimate of drug-likeness (QED) is 0.464. The molecule has 2 atom stereocenters. The van der Waals surface area contributed by atoms with E-state index >= 15 is 0 Å². The lowest BCUT2D eigenvalue weighted by Gasteiger charge is -2.36. The van der Waals surface area contributed by atoms with Crippen molar-refractivity contribution in [3.8, 4) is 16.8 Å². The van der Waals surface area contributed by atoms with Crippen LogP contribution in [0.15, 0.2) is 76.5 Å². The first kappa shape index (κ1) is 19.6. The van der Waals surface area contributed by atoms with Gasteiger partial charge in [0.1, 0.15) is 0 Å². The standard InChI is InChI=1S/C26H26N2O3/c1-17-13-28(22-9-7-21(8-10-22)27-14-18(2)31-19(3)15-27)26(29)24-6-4-5-23(25(17)24)20-11-12-30-16-20/h4-13,16,18-19H,14-15H2,1-3H3. The van der Waals surface area contributed by atoms with Gasteiger partial charge in [-0.25, -0.2) is 0 Å². The molecule has 31 heavy (non-hydrogen) atoms. The Kier molecular flexibility index (Phi) is 4.91. The largest absolute Gasteiger partial charge is 0.472 e. The molecule has 158 valence electrons. The molecule has 1 saturated heterocycles. The summed E-state index contributed by atoms with van der Waals surface area (Å²) >= 11 is 0. The van der Waals surface area contributed by atoms with Crippen LogP contribution in [0.1, 0.15) is 19.4 Å². The fourth-order valence-electron chi connectivity index (χ4n) is 4.66. The van der Waals surface area contributed by atoms with E-state index in [2.05, 4.69) is 30.9 Å². The number of anilines is 1. The summed E-state index contributed by atoms with van der Waals surface area (Å²) in [5, 5.41) is 1.68. The molecule has 0 aliphatic carbocycles. The molecule has 1 fully saturated rings. The number of pyridine rings is 1. The Morgan fingerprint density at radius 2 is 1.65 bits per heavy atom. The maximum absolute atomic E-state index is 13.4. The molecule has 0 spiro atoms. The molecule has 2 aromatic carbocycles. The van der Waals surface area contributed by atoms with Crippen LogP contribution in [0.5, 0.6) is 0 Å². The molecule has 0 radical (unpaired) electrons. The smallest absolute Gasteiger partial charge is 0.262 e. The molecule has 0 saturated carbocycles. The van der Waals surface area contributed by atoms with Crippen molar-refractivity contribution in [2.75, 3.05) is 18.0 Å². The van der Waals surface area contributed by atoms with E-state index < -0.39 is 0 Å². The number of hydrogen-bond acceptors (Lipinski definition) is 4. The Hall–Kier alpha value is -3.31. The lowest BCUT2D eigenvalue weighted by Crippen LogP contribution is -2.45. The number of hydrogen-bond donors (Lipinski definition) is 0. The van der Waals surface area contributed by atoms with Crippen molar-refractivity contribution in [3.63, 3.8) is 0 Å². The van der Waals surface area contributed by atoms with Crippen LogP contribution in [0.2, 0.25) is 0 Å². The van der Waals surface area contributed by atoms with E-state index in [1.165, 1.54) is 0 Å². The Bertz CT molecular complexity index is 1260.